The van der Waals surface area contributed by atoms with Crippen LogP contribution >= 0.6 is 0 Å². The van der Waals surface area contributed by atoms with E-state index in [0.717, 1.165) is 0 Å². The molecule has 31 heavy (non-hydrogen) atoms. The highest BCUT2D eigenvalue weighted by molar-refractivity contribution is 6.25. The number of carbonyl (C=O) groups excluding carboxylic acids is 3. The van der Waals surface area contributed by atoms with Crippen molar-refractivity contribution < 1.29 is 23.9 Å². The number of nitrogens with zero attached hydrogens (tertiary/aromatic N) is 1. The Hall–Kier alpha value is -3.61. The number of methoxy groups -OCH3 is 2. The lowest BCUT2D eigenvalue weighted by Gasteiger charge is -2.22. The number of amides is 3. The molecule has 1 aliphatic heterocycles. The first-order valence-corrected chi connectivity index (χ1v) is 10.1. The Morgan fingerprint density at radius 3 is 2.55 bits per heavy atom. The molecule has 0 saturated carbocycles. The summed E-state index contributed by atoms with van der Waals surface area (Å²) in [5, 5.41) is 2.81. The lowest BCUT2D eigenvalue weighted by molar-refractivity contribution is -0.122. The average Bonchev–Trinajstić information content (AvgIpc) is 3.04. The van der Waals surface area contributed by atoms with Crippen LogP contribution in [0.3, 0.4) is 0 Å². The molecule has 2 aliphatic rings. The van der Waals surface area contributed by atoms with Gasteiger partial charge < -0.3 is 14.8 Å². The van der Waals surface area contributed by atoms with Gasteiger partial charge in [0.15, 0.2) is 0 Å². The highest BCUT2D eigenvalue weighted by Gasteiger charge is 2.51. The van der Waals surface area contributed by atoms with Gasteiger partial charge in [-0.05, 0) is 36.6 Å². The molecular weight excluding hydrogens is 396 g/mol. The monoisotopic (exact) mass is 420 g/mol. The second-order valence-corrected chi connectivity index (χ2v) is 7.70. The van der Waals surface area contributed by atoms with E-state index in [1.807, 2.05) is 19.1 Å². The SMILES string of the molecule is COc1ccc(NC(=O)c2ccccc2N2C(=O)[C@H]3[C@@H](C)C=CC[C@H]3C2=O)c(OC)c1. The van der Waals surface area contributed by atoms with Crippen molar-refractivity contribution in [2.45, 2.75) is 13.3 Å². The molecule has 1 N–H and O–H groups in total. The molecule has 1 saturated heterocycles. The molecule has 7 nitrogen and oxygen atoms in total. The fourth-order valence-electron chi connectivity index (χ4n) is 4.34. The lowest BCUT2D eigenvalue weighted by atomic mass is 9.78. The van der Waals surface area contributed by atoms with E-state index in [0.29, 0.717) is 29.3 Å². The average molecular weight is 420 g/mol. The van der Waals surface area contributed by atoms with Gasteiger partial charge >= 0.3 is 0 Å². The van der Waals surface area contributed by atoms with E-state index < -0.39 is 11.8 Å². The van der Waals surface area contributed by atoms with E-state index >= 15 is 0 Å². The van der Waals surface area contributed by atoms with Crippen molar-refractivity contribution in [3.05, 3.63) is 60.2 Å². The number of para-hydroxylation sites is 1. The normalized spacial score (nSPS) is 22.3. The van der Waals surface area contributed by atoms with Crippen LogP contribution in [0.5, 0.6) is 11.5 Å². The summed E-state index contributed by atoms with van der Waals surface area (Å²) in [6.07, 6.45) is 4.47. The Bertz CT molecular complexity index is 1080. The summed E-state index contributed by atoms with van der Waals surface area (Å²) in [5.74, 6) is -0.730. The zero-order valence-corrected chi connectivity index (χ0v) is 17.6. The van der Waals surface area contributed by atoms with Gasteiger partial charge in [0.2, 0.25) is 11.8 Å². The zero-order chi connectivity index (χ0) is 22.1. The number of allylic oxidation sites excluding steroid dienone is 2. The summed E-state index contributed by atoms with van der Waals surface area (Å²) < 4.78 is 10.5. The summed E-state index contributed by atoms with van der Waals surface area (Å²) in [6, 6.07) is 11.7. The van der Waals surface area contributed by atoms with Crippen molar-refractivity contribution in [2.24, 2.45) is 17.8 Å². The molecular formula is C24H24N2O5. The van der Waals surface area contributed by atoms with Crippen LogP contribution < -0.4 is 19.7 Å². The molecule has 1 fully saturated rings. The third kappa shape index (κ3) is 3.56. The number of anilines is 2. The number of imide groups is 1. The van der Waals surface area contributed by atoms with Gasteiger partial charge in [-0.25, -0.2) is 4.90 Å². The van der Waals surface area contributed by atoms with Gasteiger partial charge in [0, 0.05) is 6.07 Å². The van der Waals surface area contributed by atoms with E-state index in [1.54, 1.807) is 49.6 Å². The fraction of sp³-hybridized carbons (Fsp3) is 0.292. The molecule has 0 aromatic heterocycles. The van der Waals surface area contributed by atoms with Crippen molar-refractivity contribution in [1.29, 1.82) is 0 Å². The molecule has 7 heteroatoms. The summed E-state index contributed by atoms with van der Waals surface area (Å²) >= 11 is 0. The molecule has 0 bridgehead atoms. The maximum absolute atomic E-state index is 13.2. The quantitative estimate of drug-likeness (QED) is 0.589. The number of hydrogen-bond acceptors (Lipinski definition) is 5. The molecule has 0 radical (unpaired) electrons. The standard InChI is InChI=1S/C24H24N2O5/c1-14-7-6-9-17-21(14)24(29)26(23(17)28)19-10-5-4-8-16(19)22(27)25-18-12-11-15(30-2)13-20(18)31-3/h4-8,10-14,17,21H,9H2,1-3H3,(H,25,27)/t14-,17+,21-/m0/s1. The number of rotatable bonds is 5. The molecule has 1 aliphatic carbocycles. The van der Waals surface area contributed by atoms with Gasteiger partial charge in [-0.1, -0.05) is 31.2 Å². The van der Waals surface area contributed by atoms with Crippen molar-refractivity contribution in [3.8, 4) is 11.5 Å². The number of hydrogen-bond donors (Lipinski definition) is 1. The topological polar surface area (TPSA) is 84.9 Å². The van der Waals surface area contributed by atoms with Crippen LogP contribution in [0.2, 0.25) is 0 Å². The second-order valence-electron chi connectivity index (χ2n) is 7.70. The smallest absolute Gasteiger partial charge is 0.257 e. The molecule has 2 aromatic rings. The van der Waals surface area contributed by atoms with Crippen LogP contribution in [-0.2, 0) is 9.59 Å². The number of fused-ring (bicyclic) bond motifs is 1. The van der Waals surface area contributed by atoms with Gasteiger partial charge in [0.25, 0.3) is 5.91 Å². The molecule has 2 aromatic carbocycles. The summed E-state index contributed by atoms with van der Waals surface area (Å²) in [4.78, 5) is 40.6. The fourth-order valence-corrected chi connectivity index (χ4v) is 4.34. The van der Waals surface area contributed by atoms with E-state index in [-0.39, 0.29) is 29.2 Å². The van der Waals surface area contributed by atoms with Gasteiger partial charge in [-0.3, -0.25) is 14.4 Å². The van der Waals surface area contributed by atoms with E-state index in [2.05, 4.69) is 5.32 Å². The van der Waals surface area contributed by atoms with Crippen molar-refractivity contribution in [3.63, 3.8) is 0 Å². The van der Waals surface area contributed by atoms with Gasteiger partial charge in [-0.15, -0.1) is 0 Å². The van der Waals surface area contributed by atoms with Crippen molar-refractivity contribution >= 4 is 29.1 Å². The zero-order valence-electron chi connectivity index (χ0n) is 17.6. The minimum atomic E-state index is -0.444. The third-order valence-electron chi connectivity index (χ3n) is 5.92. The summed E-state index contributed by atoms with van der Waals surface area (Å²) in [6.45, 7) is 1.94. The van der Waals surface area contributed by atoms with Gasteiger partial charge in [0.05, 0.1) is 43.0 Å². The highest BCUT2D eigenvalue weighted by Crippen LogP contribution is 2.41. The minimum Gasteiger partial charge on any atom is -0.497 e. The lowest BCUT2D eigenvalue weighted by Crippen LogP contribution is -2.33. The predicted molar refractivity (Wildman–Crippen MR) is 116 cm³/mol. The highest BCUT2D eigenvalue weighted by atomic mass is 16.5. The van der Waals surface area contributed by atoms with Crippen LogP contribution in [0.25, 0.3) is 0 Å². The molecule has 1 heterocycles. The maximum Gasteiger partial charge on any atom is 0.257 e. The Labute approximate surface area is 180 Å². The Balaban J connectivity index is 1.66. The van der Waals surface area contributed by atoms with Gasteiger partial charge in [-0.2, -0.15) is 0 Å². The van der Waals surface area contributed by atoms with E-state index in [1.165, 1.54) is 12.0 Å². The molecule has 160 valence electrons. The van der Waals surface area contributed by atoms with Crippen LogP contribution in [0.1, 0.15) is 23.7 Å². The molecule has 4 rings (SSSR count). The number of ether oxygens (including phenoxy) is 2. The largest absolute Gasteiger partial charge is 0.497 e. The second kappa shape index (κ2) is 8.26. The van der Waals surface area contributed by atoms with Crippen molar-refractivity contribution in [1.82, 2.24) is 0 Å². The van der Waals surface area contributed by atoms with E-state index in [4.69, 9.17) is 9.47 Å². The van der Waals surface area contributed by atoms with E-state index in [9.17, 15) is 14.4 Å². The number of carbonyl (C=O) groups is 3. The molecule has 0 unspecified atom stereocenters. The minimum absolute atomic E-state index is 0.0234. The maximum atomic E-state index is 13.2. The van der Waals surface area contributed by atoms with Crippen LogP contribution in [0.15, 0.2) is 54.6 Å². The molecule has 3 amide bonds. The van der Waals surface area contributed by atoms with Crippen molar-refractivity contribution in [2.75, 3.05) is 24.4 Å². The Morgan fingerprint density at radius 1 is 1.06 bits per heavy atom. The number of benzene rings is 2. The summed E-state index contributed by atoms with van der Waals surface area (Å²) in [7, 11) is 3.04. The summed E-state index contributed by atoms with van der Waals surface area (Å²) in [5.41, 5.74) is 0.985. The third-order valence-corrected chi connectivity index (χ3v) is 5.92. The Kier molecular flexibility index (Phi) is 5.50. The molecule has 0 spiro atoms. The van der Waals surface area contributed by atoms with Gasteiger partial charge in [0.1, 0.15) is 11.5 Å². The predicted octanol–water partition coefficient (Wildman–Crippen LogP) is 3.66. The molecule has 3 atom stereocenters. The van der Waals surface area contributed by atoms with Crippen LogP contribution in [0.4, 0.5) is 11.4 Å². The Morgan fingerprint density at radius 2 is 1.84 bits per heavy atom. The first kappa shape index (κ1) is 20.7. The van der Waals surface area contributed by atoms with Crippen LogP contribution in [-0.4, -0.2) is 31.9 Å². The first-order chi connectivity index (χ1) is 15.0. The van der Waals surface area contributed by atoms with Crippen LogP contribution in [0, 0.1) is 17.8 Å². The number of nitrogens with one attached hydrogen (secondary N) is 1. The first-order valence-electron chi connectivity index (χ1n) is 10.1.